The third-order valence-electron chi connectivity index (χ3n) is 2.48. The van der Waals surface area contributed by atoms with Crippen LogP contribution in [0.1, 0.15) is 13.3 Å². The number of nitrogens with zero attached hydrogens (tertiary/aromatic N) is 1. The highest BCUT2D eigenvalue weighted by atomic mass is 16.3. The lowest BCUT2D eigenvalue weighted by molar-refractivity contribution is 0.206. The third kappa shape index (κ3) is 3.46. The minimum atomic E-state index is 0.220. The summed E-state index contributed by atoms with van der Waals surface area (Å²) in [7, 11) is 0. The van der Waals surface area contributed by atoms with Crippen LogP contribution in [0.3, 0.4) is 0 Å². The van der Waals surface area contributed by atoms with Gasteiger partial charge in [0.25, 0.3) is 0 Å². The molecule has 1 aliphatic rings. The second-order valence-electron chi connectivity index (χ2n) is 3.78. The van der Waals surface area contributed by atoms with Crippen molar-refractivity contribution in [1.29, 1.82) is 0 Å². The molecule has 1 aliphatic heterocycles. The molecule has 13 heavy (non-hydrogen) atoms. The molecule has 0 aliphatic carbocycles. The first kappa shape index (κ1) is 10.7. The Labute approximate surface area is 80.4 Å². The van der Waals surface area contributed by atoms with Crippen LogP contribution in [0, 0.1) is 0 Å². The Hall–Kier alpha value is -0.380. The van der Waals surface area contributed by atoms with Crippen LogP contribution in [-0.4, -0.2) is 48.3 Å². The van der Waals surface area contributed by atoms with Crippen LogP contribution < -0.4 is 5.32 Å². The average Bonchev–Trinajstić information content (AvgIpc) is 2.29. The van der Waals surface area contributed by atoms with E-state index in [2.05, 4.69) is 23.7 Å². The van der Waals surface area contributed by atoms with Crippen molar-refractivity contribution in [3.05, 3.63) is 12.7 Å². The van der Waals surface area contributed by atoms with Crippen molar-refractivity contribution in [1.82, 2.24) is 10.2 Å². The number of aliphatic hydroxyl groups is 1. The van der Waals surface area contributed by atoms with Crippen LogP contribution in [0.4, 0.5) is 0 Å². The molecule has 0 bridgehead atoms. The zero-order valence-corrected chi connectivity index (χ0v) is 8.37. The maximum Gasteiger partial charge on any atom is 0.0597 e. The van der Waals surface area contributed by atoms with Crippen LogP contribution in [0.2, 0.25) is 0 Å². The van der Waals surface area contributed by atoms with Crippen molar-refractivity contribution in [2.45, 2.75) is 25.4 Å². The Kier molecular flexibility index (Phi) is 4.42. The number of nitrogens with one attached hydrogen (secondary N) is 1. The molecule has 0 radical (unpaired) electrons. The minimum Gasteiger partial charge on any atom is -0.395 e. The van der Waals surface area contributed by atoms with Crippen molar-refractivity contribution < 1.29 is 5.11 Å². The van der Waals surface area contributed by atoms with E-state index in [1.54, 1.807) is 0 Å². The lowest BCUT2D eigenvalue weighted by Crippen LogP contribution is -2.42. The molecule has 0 spiro atoms. The van der Waals surface area contributed by atoms with Crippen molar-refractivity contribution in [3.63, 3.8) is 0 Å². The molecule has 0 aromatic rings. The SMILES string of the molecule is C=CCN1CCC(C)NC(CO)C1. The summed E-state index contributed by atoms with van der Waals surface area (Å²) < 4.78 is 0. The maximum absolute atomic E-state index is 9.10. The van der Waals surface area contributed by atoms with Crippen LogP contribution >= 0.6 is 0 Å². The quantitative estimate of drug-likeness (QED) is 0.616. The van der Waals surface area contributed by atoms with Gasteiger partial charge in [-0.05, 0) is 19.9 Å². The first-order valence-corrected chi connectivity index (χ1v) is 4.96. The van der Waals surface area contributed by atoms with Gasteiger partial charge in [0.15, 0.2) is 0 Å². The molecule has 1 fully saturated rings. The zero-order valence-electron chi connectivity index (χ0n) is 8.37. The Balaban J connectivity index is 2.45. The highest BCUT2D eigenvalue weighted by Gasteiger charge is 2.19. The van der Waals surface area contributed by atoms with Crippen LogP contribution in [0.25, 0.3) is 0 Å². The lowest BCUT2D eigenvalue weighted by Gasteiger charge is -2.21. The van der Waals surface area contributed by atoms with Crippen molar-refractivity contribution in [3.8, 4) is 0 Å². The van der Waals surface area contributed by atoms with Gasteiger partial charge in [-0.25, -0.2) is 0 Å². The zero-order chi connectivity index (χ0) is 9.68. The predicted molar refractivity (Wildman–Crippen MR) is 54.7 cm³/mol. The number of hydrogen-bond donors (Lipinski definition) is 2. The van der Waals surface area contributed by atoms with E-state index in [1.165, 1.54) is 0 Å². The molecular formula is C10H20N2O. The first-order valence-electron chi connectivity index (χ1n) is 4.96. The molecule has 76 valence electrons. The molecule has 2 atom stereocenters. The summed E-state index contributed by atoms with van der Waals surface area (Å²) in [5, 5.41) is 12.5. The summed E-state index contributed by atoms with van der Waals surface area (Å²) >= 11 is 0. The van der Waals surface area contributed by atoms with Gasteiger partial charge in [0.05, 0.1) is 6.61 Å². The molecule has 0 aromatic heterocycles. The molecule has 1 saturated heterocycles. The van der Waals surface area contributed by atoms with Crippen LogP contribution in [0.5, 0.6) is 0 Å². The fourth-order valence-corrected chi connectivity index (χ4v) is 1.78. The molecule has 2 N–H and O–H groups in total. The molecule has 1 rings (SSSR count). The average molecular weight is 184 g/mol. The largest absolute Gasteiger partial charge is 0.395 e. The fraction of sp³-hybridized carbons (Fsp3) is 0.800. The van der Waals surface area contributed by atoms with Crippen LogP contribution in [0.15, 0.2) is 12.7 Å². The fourth-order valence-electron chi connectivity index (χ4n) is 1.78. The van der Waals surface area contributed by atoms with Gasteiger partial charge in [0.1, 0.15) is 0 Å². The topological polar surface area (TPSA) is 35.5 Å². The smallest absolute Gasteiger partial charge is 0.0597 e. The van der Waals surface area contributed by atoms with Gasteiger partial charge in [-0.1, -0.05) is 6.08 Å². The molecule has 0 saturated carbocycles. The van der Waals surface area contributed by atoms with Crippen molar-refractivity contribution in [2.24, 2.45) is 0 Å². The maximum atomic E-state index is 9.10. The summed E-state index contributed by atoms with van der Waals surface area (Å²) in [4.78, 5) is 2.32. The summed E-state index contributed by atoms with van der Waals surface area (Å²) in [6.07, 6.45) is 3.06. The summed E-state index contributed by atoms with van der Waals surface area (Å²) in [5.74, 6) is 0. The molecular weight excluding hydrogens is 164 g/mol. The van der Waals surface area contributed by atoms with Gasteiger partial charge in [-0.3, -0.25) is 4.90 Å². The van der Waals surface area contributed by atoms with E-state index >= 15 is 0 Å². The van der Waals surface area contributed by atoms with E-state index in [1.807, 2.05) is 6.08 Å². The van der Waals surface area contributed by atoms with E-state index in [9.17, 15) is 0 Å². The van der Waals surface area contributed by atoms with Crippen molar-refractivity contribution in [2.75, 3.05) is 26.2 Å². The van der Waals surface area contributed by atoms with E-state index < -0.39 is 0 Å². The number of rotatable bonds is 3. The number of hydrogen-bond acceptors (Lipinski definition) is 3. The summed E-state index contributed by atoms with van der Waals surface area (Å²) in [6, 6.07) is 0.726. The van der Waals surface area contributed by atoms with E-state index in [0.29, 0.717) is 6.04 Å². The predicted octanol–water partition coefficient (Wildman–Crippen LogP) is 0.217. The van der Waals surface area contributed by atoms with E-state index in [4.69, 9.17) is 5.11 Å². The lowest BCUT2D eigenvalue weighted by atomic mass is 10.2. The summed E-state index contributed by atoms with van der Waals surface area (Å²) in [5.41, 5.74) is 0. The van der Waals surface area contributed by atoms with Gasteiger partial charge >= 0.3 is 0 Å². The molecule has 0 aromatic carbocycles. The highest BCUT2D eigenvalue weighted by molar-refractivity contribution is 4.83. The Morgan fingerprint density at radius 3 is 3.08 bits per heavy atom. The molecule has 1 heterocycles. The third-order valence-corrected chi connectivity index (χ3v) is 2.48. The van der Waals surface area contributed by atoms with Gasteiger partial charge in [0.2, 0.25) is 0 Å². The second-order valence-corrected chi connectivity index (χ2v) is 3.78. The van der Waals surface area contributed by atoms with Gasteiger partial charge in [-0.2, -0.15) is 0 Å². The van der Waals surface area contributed by atoms with E-state index in [0.717, 1.165) is 26.1 Å². The monoisotopic (exact) mass is 184 g/mol. The van der Waals surface area contributed by atoms with Crippen molar-refractivity contribution >= 4 is 0 Å². The van der Waals surface area contributed by atoms with E-state index in [-0.39, 0.29) is 12.6 Å². The second kappa shape index (κ2) is 5.37. The standard InChI is InChI=1S/C10H20N2O/c1-3-5-12-6-4-9(2)11-10(7-12)8-13/h3,9-11,13H,1,4-8H2,2H3. The number of aliphatic hydroxyl groups excluding tert-OH is 1. The van der Waals surface area contributed by atoms with Crippen LogP contribution in [-0.2, 0) is 0 Å². The molecule has 3 nitrogen and oxygen atoms in total. The van der Waals surface area contributed by atoms with Gasteiger partial charge < -0.3 is 10.4 Å². The Morgan fingerprint density at radius 1 is 1.69 bits per heavy atom. The Morgan fingerprint density at radius 2 is 2.46 bits per heavy atom. The van der Waals surface area contributed by atoms with Gasteiger partial charge in [0, 0.05) is 25.2 Å². The molecule has 3 heteroatoms. The summed E-state index contributed by atoms with van der Waals surface area (Å²) in [6.45, 7) is 9.06. The Bertz CT molecular complexity index is 161. The normalized spacial score (nSPS) is 31.2. The highest BCUT2D eigenvalue weighted by Crippen LogP contribution is 2.04. The first-order chi connectivity index (χ1) is 6.26. The minimum absolute atomic E-state index is 0.220. The van der Waals surface area contributed by atoms with Gasteiger partial charge in [-0.15, -0.1) is 6.58 Å². The molecule has 0 amide bonds. The molecule has 2 unspecified atom stereocenters.